The third kappa shape index (κ3) is 9.63. The fourth-order valence-electron chi connectivity index (χ4n) is 4.03. The highest BCUT2D eigenvalue weighted by molar-refractivity contribution is 5.82. The van der Waals surface area contributed by atoms with Crippen molar-refractivity contribution in [1.82, 2.24) is 16.0 Å². The van der Waals surface area contributed by atoms with Gasteiger partial charge in [-0.15, -0.1) is 0 Å². The summed E-state index contributed by atoms with van der Waals surface area (Å²) in [6.07, 6.45) is 2.96. The van der Waals surface area contributed by atoms with Crippen LogP contribution in [0.1, 0.15) is 51.7 Å². The van der Waals surface area contributed by atoms with Crippen LogP contribution in [0.5, 0.6) is 5.75 Å². The summed E-state index contributed by atoms with van der Waals surface area (Å²) in [5.41, 5.74) is 7.69. The number of rotatable bonds is 15. The van der Waals surface area contributed by atoms with Crippen molar-refractivity contribution in [1.29, 1.82) is 0 Å². The van der Waals surface area contributed by atoms with Gasteiger partial charge in [-0.05, 0) is 56.2 Å². The molecule has 198 valence electrons. The Balaban J connectivity index is 1.86. The lowest BCUT2D eigenvalue weighted by molar-refractivity contribution is -0.124. The molecule has 0 saturated carbocycles. The van der Waals surface area contributed by atoms with Crippen LogP contribution in [0.3, 0.4) is 0 Å². The van der Waals surface area contributed by atoms with Crippen molar-refractivity contribution < 1.29 is 14.3 Å². The second-order valence-corrected chi connectivity index (χ2v) is 10.0. The first-order chi connectivity index (χ1) is 17.2. The van der Waals surface area contributed by atoms with E-state index in [-0.39, 0.29) is 23.8 Å². The molecular formula is C29H44N4O3. The normalized spacial score (nSPS) is 13.9. The fourth-order valence-corrected chi connectivity index (χ4v) is 4.03. The summed E-state index contributed by atoms with van der Waals surface area (Å²) in [7, 11) is 1.66. The van der Waals surface area contributed by atoms with Gasteiger partial charge in [-0.25, -0.2) is 0 Å². The van der Waals surface area contributed by atoms with Gasteiger partial charge in [-0.1, -0.05) is 68.8 Å². The molecule has 0 saturated heterocycles. The van der Waals surface area contributed by atoms with Crippen LogP contribution in [0.4, 0.5) is 0 Å². The van der Waals surface area contributed by atoms with E-state index in [1.165, 1.54) is 0 Å². The first kappa shape index (κ1) is 29.3. The van der Waals surface area contributed by atoms with Gasteiger partial charge >= 0.3 is 0 Å². The standard InChI is InChI=1S/C29H44N4O3/c1-6-21(2)26(28(35)31-5)33-20-29(3,4)36-25-17-11-10-15-23(25)16-12-18-32-27(34)24(30)19-22-13-8-7-9-14-22/h7-11,13-15,17,21,24,26,33H,6,12,16,18-20,30H2,1-5H3,(H,31,35)(H,32,34)/t21?,24-,26+/m1/s1. The quantitative estimate of drug-likeness (QED) is 0.283. The number of carbonyl (C=O) groups is 2. The maximum Gasteiger partial charge on any atom is 0.237 e. The molecule has 5 N–H and O–H groups in total. The molecule has 0 bridgehead atoms. The van der Waals surface area contributed by atoms with Crippen molar-refractivity contribution >= 4 is 11.8 Å². The van der Waals surface area contributed by atoms with Crippen LogP contribution < -0.4 is 26.4 Å². The minimum Gasteiger partial charge on any atom is -0.486 e. The number of para-hydroxylation sites is 1. The maximum absolute atomic E-state index is 12.4. The molecule has 7 heteroatoms. The van der Waals surface area contributed by atoms with Gasteiger partial charge in [-0.2, -0.15) is 0 Å². The highest BCUT2D eigenvalue weighted by Gasteiger charge is 2.28. The summed E-state index contributed by atoms with van der Waals surface area (Å²) in [4.78, 5) is 24.7. The second-order valence-electron chi connectivity index (χ2n) is 10.0. The van der Waals surface area contributed by atoms with E-state index in [1.807, 2.05) is 68.4 Å². The Morgan fingerprint density at radius 2 is 1.69 bits per heavy atom. The van der Waals surface area contributed by atoms with Gasteiger partial charge in [0, 0.05) is 20.1 Å². The number of carbonyl (C=O) groups excluding carboxylic acids is 2. The van der Waals surface area contributed by atoms with Crippen molar-refractivity contribution in [2.24, 2.45) is 11.7 Å². The molecule has 2 amide bonds. The van der Waals surface area contributed by atoms with E-state index >= 15 is 0 Å². The minimum absolute atomic E-state index is 0.00826. The van der Waals surface area contributed by atoms with E-state index in [2.05, 4.69) is 29.8 Å². The van der Waals surface area contributed by atoms with Crippen LogP contribution in [0.25, 0.3) is 0 Å². The number of amides is 2. The van der Waals surface area contributed by atoms with Gasteiger partial charge in [0.2, 0.25) is 11.8 Å². The lowest BCUT2D eigenvalue weighted by Crippen LogP contribution is -2.52. The molecule has 0 radical (unpaired) electrons. The molecule has 2 aromatic carbocycles. The molecular weight excluding hydrogens is 452 g/mol. The van der Waals surface area contributed by atoms with Crippen LogP contribution in [-0.2, 0) is 22.4 Å². The minimum atomic E-state index is -0.564. The summed E-state index contributed by atoms with van der Waals surface area (Å²) >= 11 is 0. The van der Waals surface area contributed by atoms with Crippen LogP contribution in [-0.4, -0.2) is 49.6 Å². The molecule has 2 aromatic rings. The molecule has 7 nitrogen and oxygen atoms in total. The average molecular weight is 497 g/mol. The number of ether oxygens (including phenoxy) is 1. The summed E-state index contributed by atoms with van der Waals surface area (Å²) in [6.45, 7) is 9.26. The Bertz CT molecular complexity index is 949. The predicted molar refractivity (Wildman–Crippen MR) is 146 cm³/mol. The summed E-state index contributed by atoms with van der Waals surface area (Å²) < 4.78 is 6.39. The molecule has 36 heavy (non-hydrogen) atoms. The van der Waals surface area contributed by atoms with Crippen LogP contribution in [0, 0.1) is 5.92 Å². The second kappa shape index (κ2) is 14.6. The van der Waals surface area contributed by atoms with Crippen molar-refractivity contribution in [3.63, 3.8) is 0 Å². The molecule has 0 aliphatic carbocycles. The van der Waals surface area contributed by atoms with Gasteiger partial charge < -0.3 is 26.4 Å². The molecule has 0 spiro atoms. The zero-order valence-corrected chi connectivity index (χ0v) is 22.5. The number of hydrogen-bond acceptors (Lipinski definition) is 5. The fraction of sp³-hybridized carbons (Fsp3) is 0.517. The molecule has 0 fully saturated rings. The van der Waals surface area contributed by atoms with Gasteiger partial charge in [0.25, 0.3) is 0 Å². The summed E-state index contributed by atoms with van der Waals surface area (Å²) in [6, 6.07) is 16.9. The van der Waals surface area contributed by atoms with E-state index < -0.39 is 11.6 Å². The third-order valence-corrected chi connectivity index (χ3v) is 6.41. The van der Waals surface area contributed by atoms with Gasteiger partial charge in [0.05, 0.1) is 12.1 Å². The summed E-state index contributed by atoms with van der Waals surface area (Å²) in [5.74, 6) is 0.883. The molecule has 2 rings (SSSR count). The number of likely N-dealkylation sites (N-methyl/N-ethyl adjacent to an activating group) is 1. The smallest absolute Gasteiger partial charge is 0.237 e. The lowest BCUT2D eigenvalue weighted by Gasteiger charge is -2.31. The Hall–Kier alpha value is -2.90. The summed E-state index contributed by atoms with van der Waals surface area (Å²) in [5, 5.41) is 9.10. The van der Waals surface area contributed by atoms with Crippen molar-refractivity contribution in [2.45, 2.75) is 71.1 Å². The number of benzene rings is 2. The highest BCUT2D eigenvalue weighted by atomic mass is 16.5. The van der Waals surface area contributed by atoms with Crippen molar-refractivity contribution in [2.75, 3.05) is 20.1 Å². The Morgan fingerprint density at radius 3 is 2.36 bits per heavy atom. The van der Waals surface area contributed by atoms with Crippen LogP contribution >= 0.6 is 0 Å². The van der Waals surface area contributed by atoms with Gasteiger partial charge in [0.15, 0.2) is 0 Å². The number of nitrogens with one attached hydrogen (secondary N) is 3. The average Bonchev–Trinajstić information content (AvgIpc) is 2.87. The van der Waals surface area contributed by atoms with Crippen molar-refractivity contribution in [3.8, 4) is 5.75 Å². The third-order valence-electron chi connectivity index (χ3n) is 6.41. The van der Waals surface area contributed by atoms with Gasteiger partial charge in [-0.3, -0.25) is 9.59 Å². The number of nitrogens with two attached hydrogens (primary N) is 1. The molecule has 1 unspecified atom stereocenters. The molecule has 0 heterocycles. The Labute approximate surface area is 216 Å². The van der Waals surface area contributed by atoms with Crippen LogP contribution in [0.15, 0.2) is 54.6 Å². The zero-order valence-electron chi connectivity index (χ0n) is 22.5. The predicted octanol–water partition coefficient (Wildman–Crippen LogP) is 3.21. The maximum atomic E-state index is 12.4. The Kier molecular flexibility index (Phi) is 11.9. The lowest BCUT2D eigenvalue weighted by atomic mass is 9.97. The highest BCUT2D eigenvalue weighted by Crippen LogP contribution is 2.24. The van der Waals surface area contributed by atoms with E-state index in [1.54, 1.807) is 7.05 Å². The molecule has 3 atom stereocenters. The zero-order chi connectivity index (χ0) is 26.6. The topological polar surface area (TPSA) is 105 Å². The monoisotopic (exact) mass is 496 g/mol. The first-order valence-electron chi connectivity index (χ1n) is 13.0. The van der Waals surface area contributed by atoms with E-state index in [0.717, 1.165) is 36.1 Å². The number of aryl methyl sites for hydroxylation is 1. The molecule has 0 aromatic heterocycles. The molecule has 0 aliphatic heterocycles. The van der Waals surface area contributed by atoms with Crippen LogP contribution in [0.2, 0.25) is 0 Å². The van der Waals surface area contributed by atoms with E-state index in [0.29, 0.717) is 19.5 Å². The Morgan fingerprint density at radius 1 is 1.03 bits per heavy atom. The SMILES string of the molecule is CCC(C)[C@H](NCC(C)(C)Oc1ccccc1CCCNC(=O)[C@H](N)Cc1ccccc1)C(=O)NC. The number of hydrogen-bond donors (Lipinski definition) is 4. The molecule has 0 aliphatic rings. The van der Waals surface area contributed by atoms with E-state index in [9.17, 15) is 9.59 Å². The first-order valence-corrected chi connectivity index (χ1v) is 13.0. The van der Waals surface area contributed by atoms with Gasteiger partial charge in [0.1, 0.15) is 11.4 Å². The van der Waals surface area contributed by atoms with E-state index in [4.69, 9.17) is 10.5 Å². The van der Waals surface area contributed by atoms with Crippen molar-refractivity contribution in [3.05, 3.63) is 65.7 Å². The largest absolute Gasteiger partial charge is 0.486 e.